The first kappa shape index (κ1) is 27.1. The van der Waals surface area contributed by atoms with Crippen molar-refractivity contribution in [3.05, 3.63) is 46.8 Å². The van der Waals surface area contributed by atoms with Gasteiger partial charge in [-0.25, -0.2) is 4.99 Å². The smallest absolute Gasteiger partial charge is 0.387 e. The van der Waals surface area contributed by atoms with E-state index in [4.69, 9.17) is 0 Å². The van der Waals surface area contributed by atoms with Gasteiger partial charge in [-0.05, 0) is 37.5 Å². The van der Waals surface area contributed by atoms with Crippen molar-refractivity contribution in [2.75, 3.05) is 13.1 Å². The summed E-state index contributed by atoms with van der Waals surface area (Å²) in [6.45, 7) is 4.65. The Kier molecular flexibility index (Phi) is 11.8. The Morgan fingerprint density at radius 2 is 1.84 bits per heavy atom. The number of hydrogen-bond donors (Lipinski definition) is 3. The maximum absolute atomic E-state index is 12.2. The molecule has 0 spiro atoms. The van der Waals surface area contributed by atoms with Crippen molar-refractivity contribution >= 4 is 29.9 Å². The summed E-state index contributed by atoms with van der Waals surface area (Å²) in [5, 5.41) is 21.3. The minimum Gasteiger partial charge on any atom is -0.435 e. The van der Waals surface area contributed by atoms with Gasteiger partial charge in [0.25, 0.3) is 0 Å². The highest BCUT2D eigenvalue weighted by Gasteiger charge is 2.14. The molecule has 1 heterocycles. The third-order valence-corrected chi connectivity index (χ3v) is 4.72. The summed E-state index contributed by atoms with van der Waals surface area (Å²) in [5.41, 5.74) is 3.93. The van der Waals surface area contributed by atoms with Gasteiger partial charge in [-0.15, -0.1) is 24.0 Å². The molecule has 1 aromatic carbocycles. The van der Waals surface area contributed by atoms with Crippen molar-refractivity contribution in [3.8, 4) is 5.75 Å². The number of aliphatic hydroxyl groups excluding tert-OH is 1. The molecular formula is C21H32F2IN5O2. The second-order valence-electron chi connectivity index (χ2n) is 6.74. The number of aliphatic hydroxyl groups is 1. The van der Waals surface area contributed by atoms with Crippen LogP contribution in [-0.4, -0.2) is 40.5 Å². The topological polar surface area (TPSA) is 83.7 Å². The van der Waals surface area contributed by atoms with Crippen LogP contribution in [0.25, 0.3) is 0 Å². The van der Waals surface area contributed by atoms with Crippen LogP contribution in [0.1, 0.15) is 49.4 Å². The van der Waals surface area contributed by atoms with Crippen molar-refractivity contribution < 1.29 is 18.6 Å². The molecule has 1 aromatic heterocycles. The lowest BCUT2D eigenvalue weighted by atomic mass is 10.1. The normalized spacial score (nSPS) is 12.5. The number of guanidine groups is 1. The van der Waals surface area contributed by atoms with Crippen LogP contribution in [0, 0.1) is 0 Å². The van der Waals surface area contributed by atoms with Crippen LogP contribution < -0.4 is 15.4 Å². The molecule has 7 nitrogen and oxygen atoms in total. The maximum atomic E-state index is 12.2. The Labute approximate surface area is 199 Å². The van der Waals surface area contributed by atoms with Crippen LogP contribution >= 0.6 is 24.0 Å². The summed E-state index contributed by atoms with van der Waals surface area (Å²) in [4.78, 5) is 4.65. The van der Waals surface area contributed by atoms with Crippen LogP contribution in [-0.2, 0) is 26.4 Å². The highest BCUT2D eigenvalue weighted by atomic mass is 127. The molecule has 174 valence electrons. The van der Waals surface area contributed by atoms with E-state index < -0.39 is 12.7 Å². The number of aromatic nitrogens is 2. The van der Waals surface area contributed by atoms with Crippen LogP contribution in [0.2, 0.25) is 0 Å². The molecule has 1 unspecified atom stereocenters. The molecule has 2 rings (SSSR count). The summed E-state index contributed by atoms with van der Waals surface area (Å²) in [7, 11) is 1.95. The number of rotatable bonds is 10. The van der Waals surface area contributed by atoms with Gasteiger partial charge in [-0.1, -0.05) is 26.0 Å². The van der Waals surface area contributed by atoms with Crippen molar-refractivity contribution in [1.82, 2.24) is 20.4 Å². The monoisotopic (exact) mass is 551 g/mol. The minimum absolute atomic E-state index is 0. The van der Waals surface area contributed by atoms with Crippen molar-refractivity contribution in [3.63, 3.8) is 0 Å². The maximum Gasteiger partial charge on any atom is 0.387 e. The average molecular weight is 551 g/mol. The van der Waals surface area contributed by atoms with Crippen molar-refractivity contribution in [2.45, 2.75) is 52.9 Å². The number of hydrogen-bond acceptors (Lipinski definition) is 4. The molecule has 0 aliphatic heterocycles. The molecule has 3 N–H and O–H groups in total. The van der Waals surface area contributed by atoms with E-state index in [2.05, 4.69) is 39.3 Å². The molecule has 0 radical (unpaired) electrons. The van der Waals surface area contributed by atoms with Crippen molar-refractivity contribution in [2.24, 2.45) is 12.0 Å². The first-order chi connectivity index (χ1) is 14.4. The van der Waals surface area contributed by atoms with E-state index in [9.17, 15) is 13.9 Å². The van der Waals surface area contributed by atoms with Gasteiger partial charge < -0.3 is 20.5 Å². The molecule has 0 bridgehead atoms. The molecule has 10 heteroatoms. The molecular weight excluding hydrogens is 519 g/mol. The Morgan fingerprint density at radius 3 is 2.39 bits per heavy atom. The van der Waals surface area contributed by atoms with Gasteiger partial charge in [0.2, 0.25) is 0 Å². The van der Waals surface area contributed by atoms with E-state index in [1.165, 1.54) is 12.1 Å². The molecule has 0 saturated carbocycles. The molecule has 0 aliphatic rings. The Balaban J connectivity index is 0.00000480. The van der Waals surface area contributed by atoms with Gasteiger partial charge in [0, 0.05) is 31.4 Å². The zero-order valence-electron chi connectivity index (χ0n) is 18.4. The van der Waals surface area contributed by atoms with Gasteiger partial charge in [-0.3, -0.25) is 4.68 Å². The molecule has 2 aromatic rings. The first-order valence-electron chi connectivity index (χ1n) is 10.2. The number of halogens is 3. The first-order valence-corrected chi connectivity index (χ1v) is 10.2. The fraction of sp³-hybridized carbons (Fsp3) is 0.524. The molecule has 0 saturated heterocycles. The predicted molar refractivity (Wildman–Crippen MR) is 128 cm³/mol. The number of aryl methyl sites for hydroxylation is 2. The lowest BCUT2D eigenvalue weighted by Gasteiger charge is -2.16. The van der Waals surface area contributed by atoms with E-state index in [0.717, 1.165) is 29.8 Å². The highest BCUT2D eigenvalue weighted by molar-refractivity contribution is 14.0. The summed E-state index contributed by atoms with van der Waals surface area (Å²) in [6.07, 6.45) is 0.889. The second-order valence-corrected chi connectivity index (χ2v) is 6.74. The largest absolute Gasteiger partial charge is 0.435 e. The third-order valence-electron chi connectivity index (χ3n) is 4.72. The van der Waals surface area contributed by atoms with Crippen LogP contribution in [0.4, 0.5) is 8.78 Å². The van der Waals surface area contributed by atoms with Crippen LogP contribution in [0.3, 0.4) is 0 Å². The number of alkyl halides is 2. The quantitative estimate of drug-likeness (QED) is 0.239. The second kappa shape index (κ2) is 13.5. The lowest BCUT2D eigenvalue weighted by Crippen LogP contribution is -2.39. The lowest BCUT2D eigenvalue weighted by molar-refractivity contribution is -0.0498. The Morgan fingerprint density at radius 1 is 1.16 bits per heavy atom. The average Bonchev–Trinajstić information content (AvgIpc) is 3.04. The molecule has 31 heavy (non-hydrogen) atoms. The summed E-state index contributed by atoms with van der Waals surface area (Å²) in [5.74, 6) is 0.640. The van der Waals surface area contributed by atoms with Gasteiger partial charge in [0.05, 0.1) is 18.3 Å². The number of nitrogens with one attached hydrogen (secondary N) is 2. The number of ether oxygens (including phenoxy) is 1. The van der Waals surface area contributed by atoms with E-state index in [1.807, 2.05) is 18.7 Å². The minimum atomic E-state index is -2.87. The van der Waals surface area contributed by atoms with E-state index >= 15 is 0 Å². The Hall–Kier alpha value is -1.95. The number of benzene rings is 1. The molecule has 1 atom stereocenters. The fourth-order valence-electron chi connectivity index (χ4n) is 3.25. The van der Waals surface area contributed by atoms with E-state index in [0.29, 0.717) is 24.6 Å². The summed E-state index contributed by atoms with van der Waals surface area (Å²) in [6, 6.07) is 5.94. The molecule has 0 aliphatic carbocycles. The van der Waals surface area contributed by atoms with Gasteiger partial charge >= 0.3 is 6.61 Å². The van der Waals surface area contributed by atoms with Gasteiger partial charge in [0.1, 0.15) is 5.75 Å². The summed E-state index contributed by atoms with van der Waals surface area (Å²) < 4.78 is 30.7. The van der Waals surface area contributed by atoms with Gasteiger partial charge in [-0.2, -0.15) is 13.9 Å². The fourth-order valence-corrected chi connectivity index (χ4v) is 3.25. The predicted octanol–water partition coefficient (Wildman–Crippen LogP) is 3.55. The van der Waals surface area contributed by atoms with Crippen molar-refractivity contribution in [1.29, 1.82) is 0 Å². The molecule has 0 fully saturated rings. The molecule has 0 amide bonds. The summed E-state index contributed by atoms with van der Waals surface area (Å²) >= 11 is 0. The van der Waals surface area contributed by atoms with Crippen LogP contribution in [0.15, 0.2) is 29.3 Å². The van der Waals surface area contributed by atoms with E-state index in [1.54, 1.807) is 12.1 Å². The van der Waals surface area contributed by atoms with Crippen LogP contribution in [0.5, 0.6) is 5.75 Å². The number of nitrogens with zero attached hydrogens (tertiary/aromatic N) is 3. The highest BCUT2D eigenvalue weighted by Crippen LogP contribution is 2.19. The zero-order valence-corrected chi connectivity index (χ0v) is 20.7. The Bertz CT molecular complexity index is 828. The van der Waals surface area contributed by atoms with Gasteiger partial charge in [0.15, 0.2) is 5.96 Å². The van der Waals surface area contributed by atoms with E-state index in [-0.39, 0.29) is 36.3 Å². The zero-order chi connectivity index (χ0) is 22.1. The third kappa shape index (κ3) is 7.91. The number of aliphatic imine (C=N–C) groups is 1. The standard InChI is InChI=1S/C21H31F2N5O2.HI/c1-5-17-16(18(6-2)28(4)27-17)12-25-21(24-7-3)26-13-19(29)14-8-10-15(11-9-14)30-20(22)23;/h8-11,19-20,29H,5-7,12-13H2,1-4H3,(H2,24,25,26);1H. The SMILES string of the molecule is CCNC(=NCc1c(CC)nn(C)c1CC)NCC(O)c1ccc(OC(F)F)cc1.I.